The van der Waals surface area contributed by atoms with Gasteiger partial charge >= 0.3 is 0 Å². The maximum Gasteiger partial charge on any atom is 0.0110 e. The van der Waals surface area contributed by atoms with Gasteiger partial charge in [0, 0.05) is 39.3 Å². The Balaban J connectivity index is 1.41. The van der Waals surface area contributed by atoms with Crippen molar-refractivity contribution in [3.05, 3.63) is 0 Å². The Kier molecular flexibility index (Phi) is 3.92. The lowest BCUT2D eigenvalue weighted by molar-refractivity contribution is 0.0742. The van der Waals surface area contributed by atoms with Gasteiger partial charge in [0.25, 0.3) is 0 Å². The molecule has 0 amide bonds. The monoisotopic (exact) mass is 251 g/mol. The fraction of sp³-hybridized carbons (Fsp3) is 1.00. The van der Waals surface area contributed by atoms with Crippen LogP contribution in [0.2, 0.25) is 0 Å². The zero-order valence-electron chi connectivity index (χ0n) is 12.0. The highest BCUT2D eigenvalue weighted by molar-refractivity contribution is 4.86. The van der Waals surface area contributed by atoms with Crippen LogP contribution in [-0.4, -0.2) is 62.2 Å². The summed E-state index contributed by atoms with van der Waals surface area (Å²) in [5.74, 6) is 1.05. The number of hydrogen-bond donors (Lipinski definition) is 1. The van der Waals surface area contributed by atoms with Crippen molar-refractivity contribution in [3.63, 3.8) is 0 Å². The Bertz CT molecular complexity index is 261. The van der Waals surface area contributed by atoms with Gasteiger partial charge in [-0.3, -0.25) is 0 Å². The maximum atomic E-state index is 3.49. The summed E-state index contributed by atoms with van der Waals surface area (Å²) in [6.45, 7) is 12.9. The molecule has 0 aromatic rings. The van der Waals surface area contributed by atoms with E-state index in [-0.39, 0.29) is 0 Å². The van der Waals surface area contributed by atoms with Crippen LogP contribution in [0.4, 0.5) is 0 Å². The maximum absolute atomic E-state index is 3.49. The number of nitrogens with one attached hydrogen (secondary N) is 1. The first kappa shape index (κ1) is 12.9. The molecule has 3 fully saturated rings. The summed E-state index contributed by atoms with van der Waals surface area (Å²) in [4.78, 5) is 5.41. The molecule has 0 radical (unpaired) electrons. The van der Waals surface area contributed by atoms with E-state index in [1.54, 1.807) is 0 Å². The molecular formula is C15H29N3. The largest absolute Gasteiger partial charge is 0.317 e. The smallest absolute Gasteiger partial charge is 0.0110 e. The van der Waals surface area contributed by atoms with Gasteiger partial charge in [-0.05, 0) is 50.1 Å². The number of piperazine rings is 1. The molecule has 0 aromatic heterocycles. The second-order valence-corrected chi connectivity index (χ2v) is 7.08. The van der Waals surface area contributed by atoms with Gasteiger partial charge in [-0.2, -0.15) is 0 Å². The van der Waals surface area contributed by atoms with Crippen LogP contribution < -0.4 is 5.32 Å². The van der Waals surface area contributed by atoms with Crippen LogP contribution in [0.3, 0.4) is 0 Å². The molecule has 1 aliphatic carbocycles. The Morgan fingerprint density at radius 2 is 1.61 bits per heavy atom. The van der Waals surface area contributed by atoms with E-state index in [2.05, 4.69) is 22.0 Å². The van der Waals surface area contributed by atoms with Crippen LogP contribution in [0.15, 0.2) is 0 Å². The molecule has 1 N–H and O–H groups in total. The molecule has 2 heterocycles. The molecule has 0 bridgehead atoms. The van der Waals surface area contributed by atoms with E-state index < -0.39 is 0 Å². The van der Waals surface area contributed by atoms with E-state index in [4.69, 9.17) is 0 Å². The fourth-order valence-electron chi connectivity index (χ4n) is 3.52. The molecule has 0 atom stereocenters. The highest BCUT2D eigenvalue weighted by atomic mass is 15.3. The first-order valence-electron chi connectivity index (χ1n) is 7.89. The van der Waals surface area contributed by atoms with Crippen LogP contribution >= 0.6 is 0 Å². The summed E-state index contributed by atoms with van der Waals surface area (Å²) < 4.78 is 0. The van der Waals surface area contributed by atoms with Crippen molar-refractivity contribution in [1.29, 1.82) is 0 Å². The lowest BCUT2D eigenvalue weighted by atomic mass is 9.80. The Hall–Kier alpha value is -0.120. The van der Waals surface area contributed by atoms with E-state index in [1.165, 1.54) is 78.0 Å². The van der Waals surface area contributed by atoms with Gasteiger partial charge in [0.1, 0.15) is 0 Å². The standard InChI is InChI=1S/C15H29N3/c1-15(4-6-16-7-5-15)13-18-10-8-17(9-11-18)12-14-2-3-14/h14,16H,2-13H2,1H3. The summed E-state index contributed by atoms with van der Waals surface area (Å²) in [6, 6.07) is 0. The van der Waals surface area contributed by atoms with Crippen LogP contribution in [-0.2, 0) is 0 Å². The minimum Gasteiger partial charge on any atom is -0.317 e. The number of rotatable bonds is 4. The summed E-state index contributed by atoms with van der Waals surface area (Å²) in [5, 5.41) is 3.49. The van der Waals surface area contributed by atoms with E-state index in [0.717, 1.165) is 5.92 Å². The molecule has 3 heteroatoms. The van der Waals surface area contributed by atoms with Gasteiger partial charge in [0.15, 0.2) is 0 Å². The molecule has 2 saturated heterocycles. The number of piperidine rings is 1. The first-order chi connectivity index (χ1) is 8.73. The van der Waals surface area contributed by atoms with Gasteiger partial charge in [-0.1, -0.05) is 6.92 Å². The Morgan fingerprint density at radius 1 is 1.00 bits per heavy atom. The predicted octanol–water partition coefficient (Wildman–Crippen LogP) is 1.40. The average Bonchev–Trinajstić information content (AvgIpc) is 3.16. The quantitative estimate of drug-likeness (QED) is 0.815. The lowest BCUT2D eigenvalue weighted by Gasteiger charge is -2.42. The third kappa shape index (κ3) is 3.46. The molecule has 104 valence electrons. The van der Waals surface area contributed by atoms with E-state index in [9.17, 15) is 0 Å². The molecule has 18 heavy (non-hydrogen) atoms. The second-order valence-electron chi connectivity index (χ2n) is 7.08. The van der Waals surface area contributed by atoms with Crippen LogP contribution in [0, 0.1) is 11.3 Å². The SMILES string of the molecule is CC1(CN2CCN(CC3CC3)CC2)CCNCC1. The molecule has 3 aliphatic rings. The van der Waals surface area contributed by atoms with Crippen molar-refractivity contribution >= 4 is 0 Å². The zero-order valence-corrected chi connectivity index (χ0v) is 12.0. The number of nitrogens with zero attached hydrogens (tertiary/aromatic N) is 2. The van der Waals surface area contributed by atoms with E-state index >= 15 is 0 Å². The molecular weight excluding hydrogens is 222 g/mol. The normalized spacial score (nSPS) is 30.5. The molecule has 0 unspecified atom stereocenters. The topological polar surface area (TPSA) is 18.5 Å². The zero-order chi connectivity index (χ0) is 12.4. The first-order valence-corrected chi connectivity index (χ1v) is 7.89. The fourth-order valence-corrected chi connectivity index (χ4v) is 3.52. The van der Waals surface area contributed by atoms with Crippen molar-refractivity contribution < 1.29 is 0 Å². The van der Waals surface area contributed by atoms with Gasteiger partial charge in [-0.15, -0.1) is 0 Å². The Morgan fingerprint density at radius 3 is 2.22 bits per heavy atom. The average molecular weight is 251 g/mol. The van der Waals surface area contributed by atoms with Gasteiger partial charge in [-0.25, -0.2) is 0 Å². The Labute approximate surface area is 112 Å². The van der Waals surface area contributed by atoms with E-state index in [1.807, 2.05) is 0 Å². The molecule has 0 aromatic carbocycles. The summed E-state index contributed by atoms with van der Waals surface area (Å²) in [5.41, 5.74) is 0.573. The highest BCUT2D eigenvalue weighted by Gasteiger charge is 2.31. The van der Waals surface area contributed by atoms with Crippen LogP contribution in [0.25, 0.3) is 0 Å². The van der Waals surface area contributed by atoms with Crippen LogP contribution in [0.1, 0.15) is 32.6 Å². The third-order valence-corrected chi connectivity index (χ3v) is 5.09. The molecule has 2 aliphatic heterocycles. The van der Waals surface area contributed by atoms with Crippen LogP contribution in [0.5, 0.6) is 0 Å². The van der Waals surface area contributed by atoms with Crippen molar-refractivity contribution in [2.75, 3.05) is 52.4 Å². The molecule has 1 saturated carbocycles. The van der Waals surface area contributed by atoms with Crippen molar-refractivity contribution in [2.24, 2.45) is 11.3 Å². The van der Waals surface area contributed by atoms with Crippen molar-refractivity contribution in [2.45, 2.75) is 32.6 Å². The highest BCUT2D eigenvalue weighted by Crippen LogP contribution is 2.31. The van der Waals surface area contributed by atoms with Gasteiger partial charge < -0.3 is 15.1 Å². The molecule has 3 nitrogen and oxygen atoms in total. The van der Waals surface area contributed by atoms with Crippen molar-refractivity contribution in [3.8, 4) is 0 Å². The number of hydrogen-bond acceptors (Lipinski definition) is 3. The second kappa shape index (κ2) is 5.48. The molecule has 0 spiro atoms. The molecule has 3 rings (SSSR count). The van der Waals surface area contributed by atoms with Crippen molar-refractivity contribution in [1.82, 2.24) is 15.1 Å². The lowest BCUT2D eigenvalue weighted by Crippen LogP contribution is -2.51. The van der Waals surface area contributed by atoms with Gasteiger partial charge in [0.05, 0.1) is 0 Å². The minimum atomic E-state index is 0.573. The summed E-state index contributed by atoms with van der Waals surface area (Å²) >= 11 is 0. The minimum absolute atomic E-state index is 0.573. The predicted molar refractivity (Wildman–Crippen MR) is 75.8 cm³/mol. The summed E-state index contributed by atoms with van der Waals surface area (Å²) in [6.07, 6.45) is 5.70. The van der Waals surface area contributed by atoms with E-state index in [0.29, 0.717) is 5.41 Å². The van der Waals surface area contributed by atoms with Gasteiger partial charge in [0.2, 0.25) is 0 Å². The third-order valence-electron chi connectivity index (χ3n) is 5.09. The summed E-state index contributed by atoms with van der Waals surface area (Å²) in [7, 11) is 0.